The number of methoxy groups -OCH3 is 2. The first kappa shape index (κ1) is 16.2. The monoisotopic (exact) mass is 319 g/mol. The quantitative estimate of drug-likeness (QED) is 0.910. The zero-order chi connectivity index (χ0) is 16.1. The number of ether oxygens (including phenoxy) is 2. The number of amides is 1. The first-order chi connectivity index (χ1) is 10.6. The highest BCUT2D eigenvalue weighted by Crippen LogP contribution is 2.29. The second kappa shape index (κ2) is 7.18. The molecule has 0 aliphatic carbocycles. The molecule has 0 aromatic heterocycles. The maximum absolute atomic E-state index is 12.3. The Labute approximate surface area is 135 Å². The van der Waals surface area contributed by atoms with Crippen LogP contribution in [0, 0.1) is 0 Å². The van der Waals surface area contributed by atoms with Gasteiger partial charge in [0.2, 0.25) is 0 Å². The highest BCUT2D eigenvalue weighted by atomic mass is 35.5. The van der Waals surface area contributed by atoms with Crippen molar-refractivity contribution in [1.82, 2.24) is 5.32 Å². The van der Waals surface area contributed by atoms with E-state index in [-0.39, 0.29) is 11.9 Å². The molecule has 1 N–H and O–H groups in total. The summed E-state index contributed by atoms with van der Waals surface area (Å²) in [5.74, 6) is 1.13. The van der Waals surface area contributed by atoms with E-state index in [0.29, 0.717) is 22.1 Å². The van der Waals surface area contributed by atoms with Crippen molar-refractivity contribution in [2.24, 2.45) is 0 Å². The molecule has 0 spiro atoms. The lowest BCUT2D eigenvalue weighted by Crippen LogP contribution is -2.27. The van der Waals surface area contributed by atoms with Gasteiger partial charge in [-0.2, -0.15) is 0 Å². The van der Waals surface area contributed by atoms with Gasteiger partial charge in [-0.15, -0.1) is 0 Å². The van der Waals surface area contributed by atoms with Crippen molar-refractivity contribution < 1.29 is 14.3 Å². The summed E-state index contributed by atoms with van der Waals surface area (Å²) < 4.78 is 10.5. The van der Waals surface area contributed by atoms with E-state index in [1.165, 1.54) is 0 Å². The van der Waals surface area contributed by atoms with Crippen LogP contribution in [0.25, 0.3) is 0 Å². The van der Waals surface area contributed by atoms with E-state index in [1.807, 2.05) is 19.1 Å². The summed E-state index contributed by atoms with van der Waals surface area (Å²) in [6.45, 7) is 1.89. The smallest absolute Gasteiger partial charge is 0.253 e. The average molecular weight is 320 g/mol. The second-order valence-electron chi connectivity index (χ2n) is 4.78. The Hall–Kier alpha value is -2.20. The number of hydrogen-bond donors (Lipinski definition) is 1. The summed E-state index contributed by atoms with van der Waals surface area (Å²) in [6.07, 6.45) is 0. The molecule has 4 nitrogen and oxygen atoms in total. The van der Waals surface area contributed by atoms with Crippen molar-refractivity contribution in [3.63, 3.8) is 0 Å². The molecule has 22 heavy (non-hydrogen) atoms. The fraction of sp³-hybridized carbons (Fsp3) is 0.235. The number of halogens is 1. The number of rotatable bonds is 5. The molecule has 0 bridgehead atoms. The number of hydrogen-bond acceptors (Lipinski definition) is 3. The van der Waals surface area contributed by atoms with Crippen molar-refractivity contribution in [2.45, 2.75) is 13.0 Å². The van der Waals surface area contributed by atoms with Gasteiger partial charge in [-0.3, -0.25) is 4.79 Å². The molecule has 5 heteroatoms. The molecule has 2 aromatic carbocycles. The third kappa shape index (κ3) is 3.52. The minimum absolute atomic E-state index is 0.226. The summed E-state index contributed by atoms with van der Waals surface area (Å²) in [5, 5.41) is 3.35. The molecule has 0 saturated heterocycles. The van der Waals surface area contributed by atoms with Crippen molar-refractivity contribution in [3.8, 4) is 11.5 Å². The molecule has 1 atom stereocenters. The van der Waals surface area contributed by atoms with Gasteiger partial charge in [-0.25, -0.2) is 0 Å². The van der Waals surface area contributed by atoms with Crippen LogP contribution in [0.3, 0.4) is 0 Å². The Balaban J connectivity index is 2.20. The van der Waals surface area contributed by atoms with Crippen LogP contribution < -0.4 is 14.8 Å². The molecule has 2 rings (SSSR count). The Morgan fingerprint density at radius 2 is 1.86 bits per heavy atom. The molecule has 0 radical (unpaired) electrons. The van der Waals surface area contributed by atoms with Crippen LogP contribution in [-0.2, 0) is 0 Å². The van der Waals surface area contributed by atoms with Gasteiger partial charge in [-0.05, 0) is 31.2 Å². The standard InChI is InChI=1S/C17H18ClNO3/c1-11(13-9-8-12(21-2)10-16(13)22-3)19-17(20)14-6-4-5-7-15(14)18/h4-11H,1-3H3,(H,19,20). The van der Waals surface area contributed by atoms with Crippen molar-refractivity contribution in [1.29, 1.82) is 0 Å². The van der Waals surface area contributed by atoms with Crippen LogP contribution in [0.15, 0.2) is 42.5 Å². The first-order valence-electron chi connectivity index (χ1n) is 6.84. The summed E-state index contributed by atoms with van der Waals surface area (Å²) in [7, 11) is 3.18. The van der Waals surface area contributed by atoms with Crippen molar-refractivity contribution in [3.05, 3.63) is 58.6 Å². The predicted molar refractivity (Wildman–Crippen MR) is 86.9 cm³/mol. The molecule has 1 unspecified atom stereocenters. The Morgan fingerprint density at radius 1 is 1.14 bits per heavy atom. The highest BCUT2D eigenvalue weighted by Gasteiger charge is 2.17. The van der Waals surface area contributed by atoms with Gasteiger partial charge in [-0.1, -0.05) is 23.7 Å². The van der Waals surface area contributed by atoms with E-state index in [0.717, 1.165) is 5.56 Å². The van der Waals surface area contributed by atoms with Gasteiger partial charge in [0.1, 0.15) is 11.5 Å². The molecule has 1 amide bonds. The molecular formula is C17H18ClNO3. The van der Waals surface area contributed by atoms with Gasteiger partial charge < -0.3 is 14.8 Å². The summed E-state index contributed by atoms with van der Waals surface area (Å²) >= 11 is 6.04. The Kier molecular flexibility index (Phi) is 5.28. The zero-order valence-corrected chi connectivity index (χ0v) is 13.5. The molecule has 0 saturated carbocycles. The fourth-order valence-electron chi connectivity index (χ4n) is 2.17. The molecule has 2 aromatic rings. The SMILES string of the molecule is COc1ccc(C(C)NC(=O)c2ccccc2Cl)c(OC)c1. The molecule has 0 heterocycles. The van der Waals surface area contributed by atoms with E-state index >= 15 is 0 Å². The fourth-order valence-corrected chi connectivity index (χ4v) is 2.40. The van der Waals surface area contributed by atoms with E-state index in [1.54, 1.807) is 44.6 Å². The van der Waals surface area contributed by atoms with E-state index < -0.39 is 0 Å². The minimum atomic E-state index is -0.232. The van der Waals surface area contributed by atoms with E-state index in [4.69, 9.17) is 21.1 Å². The van der Waals surface area contributed by atoms with Crippen molar-refractivity contribution in [2.75, 3.05) is 14.2 Å². The maximum atomic E-state index is 12.3. The van der Waals surface area contributed by atoms with Gasteiger partial charge in [0.25, 0.3) is 5.91 Å². The van der Waals surface area contributed by atoms with Gasteiger partial charge in [0.15, 0.2) is 0 Å². The van der Waals surface area contributed by atoms with Crippen LogP contribution in [-0.4, -0.2) is 20.1 Å². The highest BCUT2D eigenvalue weighted by molar-refractivity contribution is 6.33. The Morgan fingerprint density at radius 3 is 2.50 bits per heavy atom. The third-order valence-electron chi connectivity index (χ3n) is 3.37. The molecule has 0 aliphatic heterocycles. The van der Waals surface area contributed by atoms with E-state index in [2.05, 4.69) is 5.32 Å². The lowest BCUT2D eigenvalue weighted by atomic mass is 10.1. The lowest BCUT2D eigenvalue weighted by molar-refractivity contribution is 0.0939. The van der Waals surface area contributed by atoms with Crippen LogP contribution in [0.4, 0.5) is 0 Å². The van der Waals surface area contributed by atoms with Crippen LogP contribution in [0.5, 0.6) is 11.5 Å². The maximum Gasteiger partial charge on any atom is 0.253 e. The number of carbonyl (C=O) groups is 1. The minimum Gasteiger partial charge on any atom is -0.497 e. The second-order valence-corrected chi connectivity index (χ2v) is 5.19. The van der Waals surface area contributed by atoms with Gasteiger partial charge in [0.05, 0.1) is 30.8 Å². The van der Waals surface area contributed by atoms with Crippen LogP contribution in [0.1, 0.15) is 28.9 Å². The van der Waals surface area contributed by atoms with Crippen LogP contribution >= 0.6 is 11.6 Å². The average Bonchev–Trinajstić information content (AvgIpc) is 2.54. The zero-order valence-electron chi connectivity index (χ0n) is 12.7. The molecule has 0 fully saturated rings. The first-order valence-corrected chi connectivity index (χ1v) is 7.22. The third-order valence-corrected chi connectivity index (χ3v) is 3.70. The Bertz CT molecular complexity index is 673. The predicted octanol–water partition coefficient (Wildman–Crippen LogP) is 3.85. The number of benzene rings is 2. The molecule has 116 valence electrons. The number of carbonyl (C=O) groups excluding carboxylic acids is 1. The topological polar surface area (TPSA) is 47.6 Å². The summed E-state index contributed by atoms with van der Waals surface area (Å²) in [5.41, 5.74) is 1.31. The normalized spacial score (nSPS) is 11.6. The van der Waals surface area contributed by atoms with Crippen molar-refractivity contribution >= 4 is 17.5 Å². The summed E-state index contributed by atoms with van der Waals surface area (Å²) in [6, 6.07) is 12.2. The van der Waals surface area contributed by atoms with Gasteiger partial charge in [0, 0.05) is 11.6 Å². The molecular weight excluding hydrogens is 302 g/mol. The van der Waals surface area contributed by atoms with Gasteiger partial charge >= 0.3 is 0 Å². The number of nitrogens with one attached hydrogen (secondary N) is 1. The molecule has 0 aliphatic rings. The largest absolute Gasteiger partial charge is 0.497 e. The van der Waals surface area contributed by atoms with Crippen LogP contribution in [0.2, 0.25) is 5.02 Å². The lowest BCUT2D eigenvalue weighted by Gasteiger charge is -2.18. The summed E-state index contributed by atoms with van der Waals surface area (Å²) in [4.78, 5) is 12.3. The van der Waals surface area contributed by atoms with E-state index in [9.17, 15) is 4.79 Å².